The number of piperazine rings is 1. The molecule has 1 amide bonds. The molecule has 0 unspecified atom stereocenters. The molecule has 1 aromatic heterocycles. The number of anilines is 2. The summed E-state index contributed by atoms with van der Waals surface area (Å²) in [5, 5.41) is 3.85. The number of rotatable bonds is 5. The number of benzene rings is 3. The lowest BCUT2D eigenvalue weighted by molar-refractivity contribution is 0.0998. The van der Waals surface area contributed by atoms with Crippen LogP contribution in [-0.4, -0.2) is 37.0 Å². The molecule has 2 heterocycles. The molecule has 0 radical (unpaired) electrons. The molecule has 0 bridgehead atoms. The summed E-state index contributed by atoms with van der Waals surface area (Å²) in [6.07, 6.45) is 0. The van der Waals surface area contributed by atoms with Crippen LogP contribution in [0.2, 0.25) is 0 Å². The normalized spacial score (nSPS) is 14.6. The number of carbonyl (C=O) groups is 1. The van der Waals surface area contributed by atoms with Crippen LogP contribution in [0.15, 0.2) is 89.3 Å². The van der Waals surface area contributed by atoms with Gasteiger partial charge in [0.2, 0.25) is 0 Å². The van der Waals surface area contributed by atoms with E-state index < -0.39 is 0 Å². The minimum absolute atomic E-state index is 0.238. The number of hydrogen-bond donors (Lipinski definition) is 1. The molecular weight excluding hydrogens is 386 g/mol. The van der Waals surface area contributed by atoms with Gasteiger partial charge in [-0.15, -0.1) is 0 Å². The third-order valence-corrected chi connectivity index (χ3v) is 5.76. The molecular formula is C26H25N3O2. The monoisotopic (exact) mass is 411 g/mol. The van der Waals surface area contributed by atoms with Crippen molar-refractivity contribution >= 4 is 28.3 Å². The number of nitrogens with one attached hydrogen (secondary N) is 1. The Kier molecular flexibility index (Phi) is 5.42. The van der Waals surface area contributed by atoms with Gasteiger partial charge >= 0.3 is 0 Å². The Labute approximate surface area is 181 Å². The number of furan rings is 1. The molecule has 5 nitrogen and oxygen atoms in total. The number of para-hydroxylation sites is 1. The highest BCUT2D eigenvalue weighted by atomic mass is 16.3. The van der Waals surface area contributed by atoms with Gasteiger partial charge in [-0.3, -0.25) is 9.69 Å². The average Bonchev–Trinajstić information content (AvgIpc) is 3.26. The van der Waals surface area contributed by atoms with Crippen molar-refractivity contribution < 1.29 is 9.21 Å². The van der Waals surface area contributed by atoms with Gasteiger partial charge in [0.1, 0.15) is 5.58 Å². The predicted octanol–water partition coefficient (Wildman–Crippen LogP) is 5.01. The first-order valence-electron chi connectivity index (χ1n) is 10.7. The number of carbonyl (C=O) groups excluding carboxylic acids is 1. The predicted molar refractivity (Wildman–Crippen MR) is 125 cm³/mol. The second-order valence-corrected chi connectivity index (χ2v) is 7.90. The lowest BCUT2D eigenvalue weighted by atomic mass is 10.2. The first kappa shape index (κ1) is 19.4. The SMILES string of the molecule is O=C(Nc1ccc(N2CCN(Cc3ccccc3)CC2)cc1)c1cc2ccccc2o1. The minimum atomic E-state index is -0.238. The van der Waals surface area contributed by atoms with Crippen LogP contribution in [0.3, 0.4) is 0 Å². The van der Waals surface area contributed by atoms with E-state index >= 15 is 0 Å². The minimum Gasteiger partial charge on any atom is -0.451 e. The smallest absolute Gasteiger partial charge is 0.291 e. The summed E-state index contributed by atoms with van der Waals surface area (Å²) in [6.45, 7) is 5.08. The largest absolute Gasteiger partial charge is 0.451 e. The number of fused-ring (bicyclic) bond motifs is 1. The first-order valence-corrected chi connectivity index (χ1v) is 10.7. The molecule has 1 fully saturated rings. The summed E-state index contributed by atoms with van der Waals surface area (Å²) in [6, 6.07) is 28.1. The number of amides is 1. The molecule has 1 aliphatic rings. The highest BCUT2D eigenvalue weighted by molar-refractivity contribution is 6.04. The van der Waals surface area contributed by atoms with E-state index in [1.807, 2.05) is 36.4 Å². The third-order valence-electron chi connectivity index (χ3n) is 5.76. The maximum atomic E-state index is 12.5. The van der Waals surface area contributed by atoms with E-state index in [1.165, 1.54) is 11.3 Å². The van der Waals surface area contributed by atoms with Crippen molar-refractivity contribution in [3.63, 3.8) is 0 Å². The highest BCUT2D eigenvalue weighted by Crippen LogP contribution is 2.22. The molecule has 3 aromatic carbocycles. The van der Waals surface area contributed by atoms with Crippen molar-refractivity contribution in [3.8, 4) is 0 Å². The molecule has 156 valence electrons. The Balaban J connectivity index is 1.17. The fraction of sp³-hybridized carbons (Fsp3) is 0.192. The van der Waals surface area contributed by atoms with Crippen molar-refractivity contribution in [3.05, 3.63) is 96.3 Å². The summed E-state index contributed by atoms with van der Waals surface area (Å²) in [5.41, 5.74) is 4.02. The summed E-state index contributed by atoms with van der Waals surface area (Å²) < 4.78 is 5.65. The van der Waals surface area contributed by atoms with Crippen molar-refractivity contribution in [2.24, 2.45) is 0 Å². The Morgan fingerprint density at radius 2 is 1.55 bits per heavy atom. The van der Waals surface area contributed by atoms with Crippen molar-refractivity contribution in [1.82, 2.24) is 4.90 Å². The van der Waals surface area contributed by atoms with Crippen LogP contribution >= 0.6 is 0 Å². The molecule has 1 N–H and O–H groups in total. The van der Waals surface area contributed by atoms with Crippen LogP contribution in [0.25, 0.3) is 11.0 Å². The van der Waals surface area contributed by atoms with Crippen molar-refractivity contribution in [1.29, 1.82) is 0 Å². The Morgan fingerprint density at radius 3 is 2.29 bits per heavy atom. The number of hydrogen-bond acceptors (Lipinski definition) is 4. The fourth-order valence-corrected chi connectivity index (χ4v) is 4.05. The summed E-state index contributed by atoms with van der Waals surface area (Å²) in [4.78, 5) is 17.4. The van der Waals surface area contributed by atoms with Gasteiger partial charge in [0.05, 0.1) is 0 Å². The molecule has 0 atom stereocenters. The molecule has 31 heavy (non-hydrogen) atoms. The van der Waals surface area contributed by atoms with Gasteiger partial charge in [-0.05, 0) is 42.0 Å². The van der Waals surface area contributed by atoms with Gasteiger partial charge in [-0.25, -0.2) is 0 Å². The van der Waals surface area contributed by atoms with Gasteiger partial charge in [-0.1, -0.05) is 48.5 Å². The summed E-state index contributed by atoms with van der Waals surface area (Å²) in [7, 11) is 0. The van der Waals surface area contributed by atoms with Crippen molar-refractivity contribution in [2.75, 3.05) is 36.4 Å². The molecule has 0 aliphatic carbocycles. The van der Waals surface area contributed by atoms with Gasteiger partial charge in [0, 0.05) is 49.5 Å². The lowest BCUT2D eigenvalue weighted by Gasteiger charge is -2.36. The molecule has 5 rings (SSSR count). The zero-order valence-electron chi connectivity index (χ0n) is 17.3. The van der Waals surface area contributed by atoms with E-state index in [0.29, 0.717) is 5.76 Å². The third kappa shape index (κ3) is 4.47. The lowest BCUT2D eigenvalue weighted by Crippen LogP contribution is -2.45. The second kappa shape index (κ2) is 8.66. The van der Waals surface area contributed by atoms with Gasteiger partial charge in [-0.2, -0.15) is 0 Å². The Morgan fingerprint density at radius 1 is 0.839 bits per heavy atom. The molecule has 0 spiro atoms. The van der Waals surface area contributed by atoms with E-state index in [2.05, 4.69) is 57.6 Å². The summed E-state index contributed by atoms with van der Waals surface area (Å²) >= 11 is 0. The Bertz CT molecular complexity index is 1130. The van der Waals surface area contributed by atoms with Gasteiger partial charge in [0.15, 0.2) is 5.76 Å². The molecule has 5 heteroatoms. The number of nitrogens with zero attached hydrogens (tertiary/aromatic N) is 2. The van der Waals surface area contributed by atoms with Gasteiger partial charge in [0.25, 0.3) is 5.91 Å². The topological polar surface area (TPSA) is 48.7 Å². The quantitative estimate of drug-likeness (QED) is 0.502. The van der Waals surface area contributed by atoms with E-state index in [1.54, 1.807) is 6.07 Å². The van der Waals surface area contributed by atoms with Crippen LogP contribution in [0.4, 0.5) is 11.4 Å². The van der Waals surface area contributed by atoms with Crippen molar-refractivity contribution in [2.45, 2.75) is 6.54 Å². The maximum Gasteiger partial charge on any atom is 0.291 e. The van der Waals surface area contributed by atoms with E-state index in [4.69, 9.17) is 4.42 Å². The Hall–Kier alpha value is -3.57. The summed E-state index contributed by atoms with van der Waals surface area (Å²) in [5.74, 6) is 0.0818. The molecule has 1 aliphatic heterocycles. The average molecular weight is 412 g/mol. The fourth-order valence-electron chi connectivity index (χ4n) is 4.05. The highest BCUT2D eigenvalue weighted by Gasteiger charge is 2.18. The zero-order valence-corrected chi connectivity index (χ0v) is 17.3. The zero-order chi connectivity index (χ0) is 21.0. The van der Waals surface area contributed by atoms with Crippen LogP contribution in [-0.2, 0) is 6.54 Å². The van der Waals surface area contributed by atoms with Crippen LogP contribution < -0.4 is 10.2 Å². The van der Waals surface area contributed by atoms with Crippen LogP contribution in [0.5, 0.6) is 0 Å². The van der Waals surface area contributed by atoms with Crippen LogP contribution in [0.1, 0.15) is 16.1 Å². The van der Waals surface area contributed by atoms with Gasteiger partial charge < -0.3 is 14.6 Å². The van der Waals surface area contributed by atoms with E-state index in [-0.39, 0.29) is 5.91 Å². The van der Waals surface area contributed by atoms with E-state index in [9.17, 15) is 4.79 Å². The standard InChI is InChI=1S/C26H25N3O2/c30-26(25-18-21-8-4-5-9-24(21)31-25)27-22-10-12-23(13-11-22)29-16-14-28(15-17-29)19-20-6-2-1-3-7-20/h1-13,18H,14-17,19H2,(H,27,30). The second-order valence-electron chi connectivity index (χ2n) is 7.90. The molecule has 0 saturated carbocycles. The molecule has 4 aromatic rings. The first-order chi connectivity index (χ1) is 15.2. The maximum absolute atomic E-state index is 12.5. The van der Waals surface area contributed by atoms with Crippen LogP contribution in [0, 0.1) is 0 Å². The van der Waals surface area contributed by atoms with E-state index in [0.717, 1.165) is 49.4 Å². The molecule has 1 saturated heterocycles.